The van der Waals surface area contributed by atoms with Gasteiger partial charge >= 0.3 is 0 Å². The fraction of sp³-hybridized carbons (Fsp3) is 0.238. The van der Waals surface area contributed by atoms with E-state index in [2.05, 4.69) is 25.5 Å². The fourth-order valence-electron chi connectivity index (χ4n) is 3.13. The van der Waals surface area contributed by atoms with Gasteiger partial charge in [-0.1, -0.05) is 36.0 Å². The average Bonchev–Trinajstić information content (AvgIpc) is 3.15. The summed E-state index contributed by atoms with van der Waals surface area (Å²) in [6, 6.07) is 13.6. The number of carbonyl (C=O) groups excluding carboxylic acids is 1. The SMILES string of the molecule is COc1ccc(CCNC(=O)CSc2nnc3c(n2)[nH]c2ccccc23)cc1OC. The Morgan fingerprint density at radius 2 is 1.93 bits per heavy atom. The molecule has 0 saturated carbocycles. The zero-order chi connectivity index (χ0) is 20.9. The molecule has 30 heavy (non-hydrogen) atoms. The van der Waals surface area contributed by atoms with E-state index in [9.17, 15) is 4.79 Å². The Morgan fingerprint density at radius 3 is 2.77 bits per heavy atom. The molecule has 4 aromatic rings. The number of para-hydroxylation sites is 1. The normalized spacial score (nSPS) is 11.0. The highest BCUT2D eigenvalue weighted by atomic mass is 32.2. The van der Waals surface area contributed by atoms with Crippen molar-refractivity contribution in [2.24, 2.45) is 0 Å². The number of fused-ring (bicyclic) bond motifs is 3. The van der Waals surface area contributed by atoms with E-state index < -0.39 is 0 Å². The van der Waals surface area contributed by atoms with Gasteiger partial charge in [-0.05, 0) is 30.2 Å². The predicted molar refractivity (Wildman–Crippen MR) is 116 cm³/mol. The Balaban J connectivity index is 1.30. The Morgan fingerprint density at radius 1 is 1.10 bits per heavy atom. The molecule has 0 atom stereocenters. The lowest BCUT2D eigenvalue weighted by Gasteiger charge is -2.10. The molecule has 0 saturated heterocycles. The van der Waals surface area contributed by atoms with E-state index in [1.807, 2.05) is 42.5 Å². The van der Waals surface area contributed by atoms with Crippen LogP contribution in [0, 0.1) is 0 Å². The highest BCUT2D eigenvalue weighted by Gasteiger charge is 2.11. The lowest BCUT2D eigenvalue weighted by molar-refractivity contribution is -0.118. The maximum Gasteiger partial charge on any atom is 0.230 e. The van der Waals surface area contributed by atoms with Crippen molar-refractivity contribution in [2.45, 2.75) is 11.6 Å². The van der Waals surface area contributed by atoms with Gasteiger partial charge in [0.15, 0.2) is 17.1 Å². The van der Waals surface area contributed by atoms with Crippen LogP contribution in [-0.2, 0) is 11.2 Å². The van der Waals surface area contributed by atoms with E-state index in [0.717, 1.165) is 22.0 Å². The number of nitrogens with zero attached hydrogens (tertiary/aromatic N) is 3. The van der Waals surface area contributed by atoms with Crippen LogP contribution in [0.2, 0.25) is 0 Å². The van der Waals surface area contributed by atoms with E-state index in [1.165, 1.54) is 11.8 Å². The predicted octanol–water partition coefficient (Wildman–Crippen LogP) is 2.97. The molecule has 154 valence electrons. The number of rotatable bonds is 8. The minimum Gasteiger partial charge on any atom is -0.493 e. The molecule has 0 bridgehead atoms. The van der Waals surface area contributed by atoms with Crippen molar-refractivity contribution in [3.63, 3.8) is 0 Å². The molecule has 0 aliphatic carbocycles. The van der Waals surface area contributed by atoms with E-state index in [0.29, 0.717) is 35.3 Å². The van der Waals surface area contributed by atoms with Gasteiger partial charge in [0.05, 0.1) is 20.0 Å². The van der Waals surface area contributed by atoms with Gasteiger partial charge in [0.25, 0.3) is 0 Å². The van der Waals surface area contributed by atoms with Crippen LogP contribution in [0.3, 0.4) is 0 Å². The molecule has 8 nitrogen and oxygen atoms in total. The van der Waals surface area contributed by atoms with Crippen molar-refractivity contribution < 1.29 is 14.3 Å². The summed E-state index contributed by atoms with van der Waals surface area (Å²) in [6.07, 6.45) is 0.690. The summed E-state index contributed by atoms with van der Waals surface area (Å²) >= 11 is 1.26. The molecule has 1 amide bonds. The summed E-state index contributed by atoms with van der Waals surface area (Å²) in [5.74, 6) is 1.50. The second kappa shape index (κ2) is 9.00. The number of benzene rings is 2. The van der Waals surface area contributed by atoms with Gasteiger partial charge in [-0.2, -0.15) is 0 Å². The summed E-state index contributed by atoms with van der Waals surface area (Å²) in [6.45, 7) is 0.523. The molecule has 2 N–H and O–H groups in total. The zero-order valence-electron chi connectivity index (χ0n) is 16.6. The monoisotopic (exact) mass is 423 g/mol. The van der Waals surface area contributed by atoms with Crippen LogP contribution in [0.15, 0.2) is 47.6 Å². The highest BCUT2D eigenvalue weighted by molar-refractivity contribution is 7.99. The van der Waals surface area contributed by atoms with Crippen molar-refractivity contribution in [1.29, 1.82) is 0 Å². The summed E-state index contributed by atoms with van der Waals surface area (Å²) in [5.41, 5.74) is 3.42. The van der Waals surface area contributed by atoms with E-state index in [1.54, 1.807) is 14.2 Å². The van der Waals surface area contributed by atoms with Gasteiger partial charge in [-0.15, -0.1) is 10.2 Å². The minimum atomic E-state index is -0.0826. The third-order valence-corrected chi connectivity index (χ3v) is 5.46. The van der Waals surface area contributed by atoms with Crippen LogP contribution in [0.5, 0.6) is 11.5 Å². The number of hydrogen-bond donors (Lipinski definition) is 2. The lowest BCUT2D eigenvalue weighted by Crippen LogP contribution is -2.27. The standard InChI is InChI=1S/C21H21N5O3S/c1-28-16-8-7-13(11-17(16)29-2)9-10-22-18(27)12-30-21-24-20-19(25-26-21)14-5-3-4-6-15(14)23-20/h3-8,11H,9-10,12H2,1-2H3,(H,22,27)(H,23,24,26). The first kappa shape index (κ1) is 20.0. The third-order valence-electron chi connectivity index (χ3n) is 4.62. The third kappa shape index (κ3) is 4.30. The lowest BCUT2D eigenvalue weighted by atomic mass is 10.1. The van der Waals surface area contributed by atoms with Crippen molar-refractivity contribution >= 4 is 39.7 Å². The van der Waals surface area contributed by atoms with Crippen LogP contribution < -0.4 is 14.8 Å². The molecule has 9 heteroatoms. The maximum atomic E-state index is 12.2. The number of hydrogen-bond acceptors (Lipinski definition) is 7. The number of thioether (sulfide) groups is 1. The number of H-pyrrole nitrogens is 1. The Bertz CT molecular complexity index is 1190. The van der Waals surface area contributed by atoms with Crippen LogP contribution in [0.4, 0.5) is 0 Å². The Labute approximate surface area is 177 Å². The summed E-state index contributed by atoms with van der Waals surface area (Å²) < 4.78 is 10.5. The molecule has 2 heterocycles. The molecule has 0 spiro atoms. The number of ether oxygens (including phenoxy) is 2. The molecular weight excluding hydrogens is 402 g/mol. The molecule has 2 aromatic heterocycles. The van der Waals surface area contributed by atoms with Crippen molar-refractivity contribution in [2.75, 3.05) is 26.5 Å². The second-order valence-electron chi connectivity index (χ2n) is 6.54. The maximum absolute atomic E-state index is 12.2. The first-order valence-corrected chi connectivity index (χ1v) is 10.4. The number of aromatic amines is 1. The van der Waals surface area contributed by atoms with Crippen molar-refractivity contribution in [3.8, 4) is 11.5 Å². The first-order chi connectivity index (χ1) is 14.7. The Kier molecular flexibility index (Phi) is 5.99. The summed E-state index contributed by atoms with van der Waals surface area (Å²) in [4.78, 5) is 19.9. The quantitative estimate of drug-likeness (QED) is 0.420. The molecular formula is C21H21N5O3S. The Hall–Kier alpha value is -3.33. The minimum absolute atomic E-state index is 0.0826. The van der Waals surface area contributed by atoms with Gasteiger partial charge < -0.3 is 19.8 Å². The molecule has 2 aromatic carbocycles. The number of methoxy groups -OCH3 is 2. The molecule has 0 radical (unpaired) electrons. The molecule has 0 fully saturated rings. The van der Waals surface area contributed by atoms with Gasteiger partial charge in [0, 0.05) is 17.4 Å². The topological polar surface area (TPSA) is 102 Å². The van der Waals surface area contributed by atoms with Crippen LogP contribution in [0.1, 0.15) is 5.56 Å². The first-order valence-electron chi connectivity index (χ1n) is 9.39. The van der Waals surface area contributed by atoms with E-state index >= 15 is 0 Å². The number of amides is 1. The number of carbonyl (C=O) groups is 1. The summed E-state index contributed by atoms with van der Waals surface area (Å²) in [5, 5.41) is 12.8. The van der Waals surface area contributed by atoms with E-state index in [4.69, 9.17) is 9.47 Å². The smallest absolute Gasteiger partial charge is 0.230 e. The van der Waals surface area contributed by atoms with Crippen LogP contribution in [-0.4, -0.2) is 52.6 Å². The average molecular weight is 423 g/mol. The van der Waals surface area contributed by atoms with Crippen molar-refractivity contribution in [3.05, 3.63) is 48.0 Å². The van der Waals surface area contributed by atoms with Crippen LogP contribution in [0.25, 0.3) is 22.1 Å². The van der Waals surface area contributed by atoms with Gasteiger partial charge in [-0.3, -0.25) is 4.79 Å². The van der Waals surface area contributed by atoms with Gasteiger partial charge in [0.1, 0.15) is 5.52 Å². The van der Waals surface area contributed by atoms with Gasteiger partial charge in [0.2, 0.25) is 11.1 Å². The molecule has 4 rings (SSSR count). The highest BCUT2D eigenvalue weighted by Crippen LogP contribution is 2.27. The summed E-state index contributed by atoms with van der Waals surface area (Å²) in [7, 11) is 3.20. The second-order valence-corrected chi connectivity index (χ2v) is 7.48. The zero-order valence-corrected chi connectivity index (χ0v) is 17.5. The number of aromatic nitrogens is 4. The van der Waals surface area contributed by atoms with Crippen LogP contribution >= 0.6 is 11.8 Å². The molecule has 0 unspecified atom stereocenters. The fourth-order valence-corrected chi connectivity index (χ4v) is 3.75. The molecule has 0 aliphatic rings. The largest absolute Gasteiger partial charge is 0.493 e. The van der Waals surface area contributed by atoms with E-state index in [-0.39, 0.29) is 11.7 Å². The van der Waals surface area contributed by atoms with Crippen molar-refractivity contribution in [1.82, 2.24) is 25.5 Å². The van der Waals surface area contributed by atoms with Gasteiger partial charge in [-0.25, -0.2) is 4.98 Å². The number of nitrogens with one attached hydrogen (secondary N) is 2. The molecule has 0 aliphatic heterocycles.